The molecule has 3 nitrogen and oxygen atoms in total. The van der Waals surface area contributed by atoms with Crippen LogP contribution in [-0.2, 0) is 0 Å². The van der Waals surface area contributed by atoms with Gasteiger partial charge in [0.2, 0.25) is 0 Å². The molecule has 0 aliphatic heterocycles. The molecule has 0 saturated heterocycles. The van der Waals surface area contributed by atoms with Crippen LogP contribution in [0.4, 0.5) is 5.69 Å². The number of hydrogen-bond donors (Lipinski definition) is 2. The van der Waals surface area contributed by atoms with Gasteiger partial charge in [-0.2, -0.15) is 0 Å². The van der Waals surface area contributed by atoms with Crippen LogP contribution in [-0.4, -0.2) is 27.2 Å². The Bertz CT molecular complexity index is 356. The first-order valence-electron chi connectivity index (χ1n) is 5.91. The topological polar surface area (TPSA) is 33.3 Å². The molecule has 1 rings (SSSR count). The average Bonchev–Trinajstić information content (AvgIpc) is 2.32. The lowest BCUT2D eigenvalue weighted by molar-refractivity contribution is 0.415. The van der Waals surface area contributed by atoms with Gasteiger partial charge < -0.3 is 15.4 Å². The molecule has 0 radical (unpaired) electrons. The Morgan fingerprint density at radius 1 is 1.24 bits per heavy atom. The van der Waals surface area contributed by atoms with Gasteiger partial charge in [-0.25, -0.2) is 0 Å². The highest BCUT2D eigenvalue weighted by Gasteiger charge is 2.05. The van der Waals surface area contributed by atoms with Crippen LogP contribution < -0.4 is 15.4 Å². The molecule has 1 aromatic rings. The van der Waals surface area contributed by atoms with Gasteiger partial charge in [0, 0.05) is 12.2 Å². The Labute approximate surface area is 109 Å². The van der Waals surface area contributed by atoms with E-state index in [9.17, 15) is 0 Å². The number of rotatable bonds is 7. The van der Waals surface area contributed by atoms with Gasteiger partial charge in [-0.3, -0.25) is 0 Å². The summed E-state index contributed by atoms with van der Waals surface area (Å²) in [5.41, 5.74) is 2.24. The van der Waals surface area contributed by atoms with Crippen LogP contribution in [0.2, 0.25) is 5.02 Å². The maximum atomic E-state index is 6.09. The zero-order chi connectivity index (χ0) is 12.7. The molecule has 2 N–H and O–H groups in total. The molecule has 0 fully saturated rings. The number of hydrogen-bond acceptors (Lipinski definition) is 3. The molecule has 0 spiro atoms. The van der Waals surface area contributed by atoms with Crippen LogP contribution in [0.25, 0.3) is 0 Å². The van der Waals surface area contributed by atoms with Crippen molar-refractivity contribution in [3.63, 3.8) is 0 Å². The van der Waals surface area contributed by atoms with Crippen molar-refractivity contribution in [1.82, 2.24) is 5.32 Å². The summed E-state index contributed by atoms with van der Waals surface area (Å²) in [6, 6.07) is 3.88. The molecule has 4 heteroatoms. The van der Waals surface area contributed by atoms with Crippen molar-refractivity contribution >= 4 is 17.3 Å². The Kier molecular flexibility index (Phi) is 6.16. The molecular formula is C13H21ClN2O. The number of benzene rings is 1. The lowest BCUT2D eigenvalue weighted by Gasteiger charge is -2.12. The normalized spacial score (nSPS) is 10.4. The van der Waals surface area contributed by atoms with E-state index in [0.29, 0.717) is 5.02 Å². The van der Waals surface area contributed by atoms with Crippen LogP contribution in [0.3, 0.4) is 0 Å². The molecule has 0 aromatic heterocycles. The number of ether oxygens (including phenoxy) is 1. The second-order valence-electron chi connectivity index (χ2n) is 4.04. The van der Waals surface area contributed by atoms with E-state index >= 15 is 0 Å². The van der Waals surface area contributed by atoms with Gasteiger partial charge in [-0.1, -0.05) is 11.6 Å². The Morgan fingerprint density at radius 2 is 1.94 bits per heavy atom. The quantitative estimate of drug-likeness (QED) is 0.736. The number of anilines is 1. The predicted octanol–water partition coefficient (Wildman–Crippen LogP) is 3.07. The maximum Gasteiger partial charge on any atom is 0.137 e. The first kappa shape index (κ1) is 14.1. The molecule has 0 bridgehead atoms. The predicted molar refractivity (Wildman–Crippen MR) is 74.4 cm³/mol. The van der Waals surface area contributed by atoms with E-state index in [1.54, 1.807) is 7.11 Å². The summed E-state index contributed by atoms with van der Waals surface area (Å²) in [5.74, 6) is 0.727. The van der Waals surface area contributed by atoms with Crippen LogP contribution >= 0.6 is 11.6 Å². The molecule has 0 atom stereocenters. The number of nitrogens with one attached hydrogen (secondary N) is 2. The SMILES string of the molecule is CNCCCCNc1cc(Cl)c(OC)cc1C. The smallest absolute Gasteiger partial charge is 0.137 e. The number of halogens is 1. The fourth-order valence-electron chi connectivity index (χ4n) is 1.65. The molecule has 0 saturated carbocycles. The van der Waals surface area contributed by atoms with Gasteiger partial charge in [0.25, 0.3) is 0 Å². The third-order valence-corrected chi connectivity index (χ3v) is 2.96. The number of unbranched alkanes of at least 4 members (excludes halogenated alkanes) is 1. The molecule has 0 unspecified atom stereocenters. The second kappa shape index (κ2) is 7.41. The molecule has 0 heterocycles. The molecule has 0 amide bonds. The van der Waals surface area contributed by atoms with Crippen LogP contribution in [0, 0.1) is 6.92 Å². The van der Waals surface area contributed by atoms with Crippen LogP contribution in [0.1, 0.15) is 18.4 Å². The van der Waals surface area contributed by atoms with E-state index in [4.69, 9.17) is 16.3 Å². The summed E-state index contributed by atoms with van der Waals surface area (Å²) >= 11 is 6.09. The van der Waals surface area contributed by atoms with Crippen molar-refractivity contribution in [1.29, 1.82) is 0 Å². The molecular weight excluding hydrogens is 236 g/mol. The molecule has 96 valence electrons. The van der Waals surface area contributed by atoms with E-state index in [2.05, 4.69) is 17.6 Å². The summed E-state index contributed by atoms with van der Waals surface area (Å²) in [6.45, 7) is 4.07. The van der Waals surface area contributed by atoms with Gasteiger partial charge in [0.15, 0.2) is 0 Å². The molecule has 0 aliphatic carbocycles. The zero-order valence-corrected chi connectivity index (χ0v) is 11.5. The average molecular weight is 257 g/mol. The molecule has 1 aromatic carbocycles. The van der Waals surface area contributed by atoms with E-state index in [-0.39, 0.29) is 0 Å². The third kappa shape index (κ3) is 4.44. The van der Waals surface area contributed by atoms with Crippen molar-refractivity contribution in [3.8, 4) is 5.75 Å². The first-order valence-corrected chi connectivity index (χ1v) is 6.29. The van der Waals surface area contributed by atoms with Gasteiger partial charge >= 0.3 is 0 Å². The van der Waals surface area contributed by atoms with E-state index in [0.717, 1.165) is 36.5 Å². The summed E-state index contributed by atoms with van der Waals surface area (Å²) < 4.78 is 5.17. The van der Waals surface area contributed by atoms with E-state index in [1.165, 1.54) is 6.42 Å². The summed E-state index contributed by atoms with van der Waals surface area (Å²) in [4.78, 5) is 0. The fraction of sp³-hybridized carbons (Fsp3) is 0.538. The lowest BCUT2D eigenvalue weighted by atomic mass is 10.2. The van der Waals surface area contributed by atoms with Gasteiger partial charge in [-0.15, -0.1) is 0 Å². The van der Waals surface area contributed by atoms with Gasteiger partial charge in [-0.05, 0) is 51.1 Å². The standard InChI is InChI=1S/C13H21ClN2O/c1-10-8-13(17-3)11(14)9-12(10)16-7-5-4-6-15-2/h8-9,15-16H,4-7H2,1-3H3. The highest BCUT2D eigenvalue weighted by Crippen LogP contribution is 2.30. The lowest BCUT2D eigenvalue weighted by Crippen LogP contribution is -2.10. The van der Waals surface area contributed by atoms with Crippen LogP contribution in [0.5, 0.6) is 5.75 Å². The van der Waals surface area contributed by atoms with Crippen molar-refractivity contribution in [3.05, 3.63) is 22.7 Å². The molecule has 0 aliphatic rings. The van der Waals surface area contributed by atoms with E-state index in [1.807, 2.05) is 19.2 Å². The van der Waals surface area contributed by atoms with Gasteiger partial charge in [0.05, 0.1) is 12.1 Å². The summed E-state index contributed by atoms with van der Waals surface area (Å²) in [7, 11) is 3.60. The monoisotopic (exact) mass is 256 g/mol. The third-order valence-electron chi connectivity index (χ3n) is 2.67. The fourth-order valence-corrected chi connectivity index (χ4v) is 1.89. The molecule has 17 heavy (non-hydrogen) atoms. The Hall–Kier alpha value is -0.930. The van der Waals surface area contributed by atoms with E-state index < -0.39 is 0 Å². The Balaban J connectivity index is 2.51. The summed E-state index contributed by atoms with van der Waals surface area (Å²) in [5, 5.41) is 7.18. The largest absolute Gasteiger partial charge is 0.495 e. The summed E-state index contributed by atoms with van der Waals surface area (Å²) in [6.07, 6.45) is 2.32. The highest BCUT2D eigenvalue weighted by atomic mass is 35.5. The number of aryl methyl sites for hydroxylation is 1. The first-order chi connectivity index (χ1) is 8.19. The van der Waals surface area contributed by atoms with Crippen molar-refractivity contribution < 1.29 is 4.74 Å². The minimum atomic E-state index is 0.649. The minimum Gasteiger partial charge on any atom is -0.495 e. The number of methoxy groups -OCH3 is 1. The Morgan fingerprint density at radius 3 is 2.59 bits per heavy atom. The van der Waals surface area contributed by atoms with Crippen molar-refractivity contribution in [2.24, 2.45) is 0 Å². The minimum absolute atomic E-state index is 0.649. The van der Waals surface area contributed by atoms with Crippen molar-refractivity contribution in [2.45, 2.75) is 19.8 Å². The van der Waals surface area contributed by atoms with Gasteiger partial charge in [0.1, 0.15) is 5.75 Å². The second-order valence-corrected chi connectivity index (χ2v) is 4.45. The van der Waals surface area contributed by atoms with Crippen molar-refractivity contribution in [2.75, 3.05) is 32.6 Å². The highest BCUT2D eigenvalue weighted by molar-refractivity contribution is 6.32. The zero-order valence-electron chi connectivity index (χ0n) is 10.8. The maximum absolute atomic E-state index is 6.09. The van der Waals surface area contributed by atoms with Crippen LogP contribution in [0.15, 0.2) is 12.1 Å².